The summed E-state index contributed by atoms with van der Waals surface area (Å²) in [5.74, 6) is -0.115. The summed E-state index contributed by atoms with van der Waals surface area (Å²) in [6, 6.07) is 12.9. The number of nitrogens with one attached hydrogen (secondary N) is 3. The fourth-order valence-corrected chi connectivity index (χ4v) is 2.26. The van der Waals surface area contributed by atoms with Crippen LogP contribution in [0, 0.1) is 13.8 Å². The highest BCUT2D eigenvalue weighted by Gasteiger charge is 2.08. The molecule has 0 unspecified atom stereocenters. The molecule has 0 bridgehead atoms. The summed E-state index contributed by atoms with van der Waals surface area (Å²) in [5, 5.41) is 8.38. The summed E-state index contributed by atoms with van der Waals surface area (Å²) in [6.07, 6.45) is 0. The molecule has 0 heterocycles. The molecule has 0 spiro atoms. The van der Waals surface area contributed by atoms with Crippen LogP contribution in [0.25, 0.3) is 0 Å². The van der Waals surface area contributed by atoms with Gasteiger partial charge in [-0.2, -0.15) is 0 Å². The smallest absolute Gasteiger partial charge is 0.319 e. The van der Waals surface area contributed by atoms with Crippen molar-refractivity contribution >= 4 is 17.6 Å². The Morgan fingerprint density at radius 2 is 1.67 bits per heavy atom. The standard InChI is InChI=1S/C19H23N3O2/c1-4-20-18(23)16-9-10-17(14(3)11-16)22-19(24)21-12-15-7-5-13(2)6-8-15/h5-11H,4,12H2,1-3H3,(H,20,23)(H2,21,22,24). The first kappa shape index (κ1) is 17.5. The van der Waals surface area contributed by atoms with Gasteiger partial charge in [0.25, 0.3) is 5.91 Å². The molecular formula is C19H23N3O2. The van der Waals surface area contributed by atoms with Gasteiger partial charge < -0.3 is 16.0 Å². The minimum atomic E-state index is -0.274. The summed E-state index contributed by atoms with van der Waals surface area (Å²) in [5.41, 5.74) is 4.33. The lowest BCUT2D eigenvalue weighted by Gasteiger charge is -2.11. The van der Waals surface area contributed by atoms with E-state index in [0.717, 1.165) is 11.1 Å². The molecule has 0 aliphatic carbocycles. The van der Waals surface area contributed by atoms with Crippen LogP contribution in [0.3, 0.4) is 0 Å². The molecule has 2 aromatic rings. The molecule has 0 radical (unpaired) electrons. The quantitative estimate of drug-likeness (QED) is 0.789. The molecule has 3 amide bonds. The number of hydrogen-bond acceptors (Lipinski definition) is 2. The molecule has 126 valence electrons. The van der Waals surface area contributed by atoms with Crippen LogP contribution in [0.1, 0.15) is 34.0 Å². The Hall–Kier alpha value is -2.82. The molecule has 0 aliphatic heterocycles. The van der Waals surface area contributed by atoms with E-state index in [4.69, 9.17) is 0 Å². The molecule has 0 aromatic heterocycles. The molecule has 0 saturated carbocycles. The molecule has 2 aromatic carbocycles. The van der Waals surface area contributed by atoms with E-state index < -0.39 is 0 Å². The molecular weight excluding hydrogens is 302 g/mol. The second-order valence-electron chi connectivity index (χ2n) is 5.68. The van der Waals surface area contributed by atoms with Gasteiger partial charge >= 0.3 is 6.03 Å². The first-order chi connectivity index (χ1) is 11.5. The average molecular weight is 325 g/mol. The van der Waals surface area contributed by atoms with Gasteiger partial charge in [0, 0.05) is 24.3 Å². The monoisotopic (exact) mass is 325 g/mol. The van der Waals surface area contributed by atoms with Gasteiger partial charge in [0.1, 0.15) is 0 Å². The number of benzene rings is 2. The van der Waals surface area contributed by atoms with Crippen molar-refractivity contribution in [3.05, 3.63) is 64.7 Å². The number of anilines is 1. The normalized spacial score (nSPS) is 10.1. The van der Waals surface area contributed by atoms with Gasteiger partial charge in [-0.25, -0.2) is 4.79 Å². The largest absolute Gasteiger partial charge is 0.352 e. The molecule has 5 nitrogen and oxygen atoms in total. The van der Waals surface area contributed by atoms with Crippen molar-refractivity contribution in [2.24, 2.45) is 0 Å². The first-order valence-electron chi connectivity index (χ1n) is 7.99. The Kier molecular flexibility index (Phi) is 5.95. The van der Waals surface area contributed by atoms with Gasteiger partial charge in [0.15, 0.2) is 0 Å². The van der Waals surface area contributed by atoms with Gasteiger partial charge in [-0.05, 0) is 50.1 Å². The number of hydrogen-bond donors (Lipinski definition) is 3. The van der Waals surface area contributed by atoms with Crippen molar-refractivity contribution in [3.8, 4) is 0 Å². The zero-order valence-corrected chi connectivity index (χ0v) is 14.3. The summed E-state index contributed by atoms with van der Waals surface area (Å²) >= 11 is 0. The maximum Gasteiger partial charge on any atom is 0.319 e. The van der Waals surface area contributed by atoms with Crippen LogP contribution in [0.4, 0.5) is 10.5 Å². The number of urea groups is 1. The second kappa shape index (κ2) is 8.15. The van der Waals surface area contributed by atoms with E-state index in [9.17, 15) is 9.59 Å². The third kappa shape index (κ3) is 4.84. The second-order valence-corrected chi connectivity index (χ2v) is 5.68. The highest BCUT2D eigenvalue weighted by molar-refractivity contribution is 5.96. The Morgan fingerprint density at radius 3 is 2.29 bits per heavy atom. The van der Waals surface area contributed by atoms with Gasteiger partial charge in [-0.1, -0.05) is 29.8 Å². The van der Waals surface area contributed by atoms with Crippen LogP contribution in [0.2, 0.25) is 0 Å². The fourth-order valence-electron chi connectivity index (χ4n) is 2.26. The Morgan fingerprint density at radius 1 is 0.958 bits per heavy atom. The third-order valence-electron chi connectivity index (χ3n) is 3.65. The lowest BCUT2D eigenvalue weighted by Crippen LogP contribution is -2.28. The van der Waals surface area contributed by atoms with Crippen molar-refractivity contribution < 1.29 is 9.59 Å². The number of carbonyl (C=O) groups is 2. The molecule has 2 rings (SSSR count). The van der Waals surface area contributed by atoms with Crippen LogP contribution >= 0.6 is 0 Å². The Balaban J connectivity index is 1.93. The van der Waals surface area contributed by atoms with E-state index in [1.165, 1.54) is 5.56 Å². The van der Waals surface area contributed by atoms with E-state index in [2.05, 4.69) is 16.0 Å². The third-order valence-corrected chi connectivity index (χ3v) is 3.65. The number of aryl methyl sites for hydroxylation is 2. The lowest BCUT2D eigenvalue weighted by molar-refractivity contribution is 0.0955. The highest BCUT2D eigenvalue weighted by atomic mass is 16.2. The highest BCUT2D eigenvalue weighted by Crippen LogP contribution is 2.16. The Labute approximate surface area is 142 Å². The van der Waals surface area contributed by atoms with Gasteiger partial charge in [0.2, 0.25) is 0 Å². The molecule has 24 heavy (non-hydrogen) atoms. The number of carbonyl (C=O) groups excluding carboxylic acids is 2. The number of amides is 3. The van der Waals surface area contributed by atoms with Gasteiger partial charge in [0.05, 0.1) is 0 Å². The lowest BCUT2D eigenvalue weighted by atomic mass is 10.1. The maximum atomic E-state index is 12.0. The average Bonchev–Trinajstić information content (AvgIpc) is 2.56. The van der Waals surface area contributed by atoms with Gasteiger partial charge in [-0.3, -0.25) is 4.79 Å². The predicted molar refractivity (Wildman–Crippen MR) is 96.2 cm³/mol. The van der Waals surface area contributed by atoms with E-state index in [-0.39, 0.29) is 11.9 Å². The van der Waals surface area contributed by atoms with Crippen molar-refractivity contribution in [1.29, 1.82) is 0 Å². The van der Waals surface area contributed by atoms with Crippen LogP contribution in [0.5, 0.6) is 0 Å². The predicted octanol–water partition coefficient (Wildman–Crippen LogP) is 3.37. The van der Waals surface area contributed by atoms with Crippen LogP contribution in [-0.2, 0) is 6.54 Å². The minimum Gasteiger partial charge on any atom is -0.352 e. The molecule has 3 N–H and O–H groups in total. The summed E-state index contributed by atoms with van der Waals surface area (Å²) in [7, 11) is 0. The maximum absolute atomic E-state index is 12.0. The van der Waals surface area contributed by atoms with E-state index in [1.54, 1.807) is 18.2 Å². The van der Waals surface area contributed by atoms with Gasteiger partial charge in [-0.15, -0.1) is 0 Å². The molecule has 0 atom stereocenters. The summed E-state index contributed by atoms with van der Waals surface area (Å²) < 4.78 is 0. The van der Waals surface area contributed by atoms with Crippen molar-refractivity contribution in [3.63, 3.8) is 0 Å². The van der Waals surface area contributed by atoms with Crippen molar-refractivity contribution in [2.45, 2.75) is 27.3 Å². The van der Waals surface area contributed by atoms with Crippen molar-refractivity contribution in [1.82, 2.24) is 10.6 Å². The molecule has 0 aliphatic rings. The number of rotatable bonds is 5. The van der Waals surface area contributed by atoms with E-state index in [1.807, 2.05) is 45.0 Å². The van der Waals surface area contributed by atoms with Crippen molar-refractivity contribution in [2.75, 3.05) is 11.9 Å². The minimum absolute atomic E-state index is 0.115. The zero-order chi connectivity index (χ0) is 17.5. The van der Waals surface area contributed by atoms with Crippen LogP contribution in [0.15, 0.2) is 42.5 Å². The summed E-state index contributed by atoms with van der Waals surface area (Å²) in [4.78, 5) is 23.8. The topological polar surface area (TPSA) is 70.2 Å². The van der Waals surface area contributed by atoms with E-state index in [0.29, 0.717) is 24.3 Å². The van der Waals surface area contributed by atoms with E-state index >= 15 is 0 Å². The molecule has 5 heteroatoms. The molecule has 0 fully saturated rings. The zero-order valence-electron chi connectivity index (χ0n) is 14.3. The first-order valence-corrected chi connectivity index (χ1v) is 7.99. The summed E-state index contributed by atoms with van der Waals surface area (Å²) in [6.45, 7) is 6.80. The van der Waals surface area contributed by atoms with Crippen LogP contribution < -0.4 is 16.0 Å². The fraction of sp³-hybridized carbons (Fsp3) is 0.263. The van der Waals surface area contributed by atoms with Crippen LogP contribution in [-0.4, -0.2) is 18.5 Å². The SMILES string of the molecule is CCNC(=O)c1ccc(NC(=O)NCc2ccc(C)cc2)c(C)c1. The Bertz CT molecular complexity index is 724. The molecule has 0 saturated heterocycles.